The van der Waals surface area contributed by atoms with Crippen molar-refractivity contribution in [3.8, 4) is 0 Å². The molecule has 0 unspecified atom stereocenters. The molecule has 0 saturated heterocycles. The molecule has 13 heavy (non-hydrogen) atoms. The van der Waals surface area contributed by atoms with Crippen LogP contribution in [0.15, 0.2) is 42.1 Å². The van der Waals surface area contributed by atoms with E-state index < -0.39 is 0 Å². The van der Waals surface area contributed by atoms with E-state index in [-0.39, 0.29) is 18.9 Å². The number of hydrogen-bond acceptors (Lipinski definition) is 0. The second-order valence-electron chi connectivity index (χ2n) is 2.58. The summed E-state index contributed by atoms with van der Waals surface area (Å²) < 4.78 is 0. The van der Waals surface area contributed by atoms with Gasteiger partial charge in [0.05, 0.1) is 0 Å². The predicted octanol–water partition coefficient (Wildman–Crippen LogP) is 1.01. The summed E-state index contributed by atoms with van der Waals surface area (Å²) in [5.74, 6) is 0. The van der Waals surface area contributed by atoms with Crippen LogP contribution in [0, 0.1) is 0 Å². The third-order valence-corrected chi connectivity index (χ3v) is 1.72. The van der Waals surface area contributed by atoms with Gasteiger partial charge in [0, 0.05) is 0 Å². The molecule has 0 N–H and O–H groups in total. The maximum absolute atomic E-state index is 4.46. The van der Waals surface area contributed by atoms with Crippen LogP contribution < -0.4 is 18.9 Å². The number of nitrogens with zero attached hydrogens (tertiary/aromatic N) is 1. The van der Waals surface area contributed by atoms with Gasteiger partial charge in [-0.2, -0.15) is 5.70 Å². The third kappa shape index (κ3) is 4.22. The normalized spacial score (nSPS) is 10.5. The van der Waals surface area contributed by atoms with Crippen molar-refractivity contribution in [2.45, 2.75) is 20.3 Å². The van der Waals surface area contributed by atoms with Crippen LogP contribution >= 0.6 is 0 Å². The Hall–Kier alpha value is -0.643. The van der Waals surface area contributed by atoms with Crippen molar-refractivity contribution in [3.63, 3.8) is 0 Å². The molecule has 1 nitrogen and oxygen atoms in total. The van der Waals surface area contributed by atoms with E-state index in [2.05, 4.69) is 12.2 Å². The van der Waals surface area contributed by atoms with Crippen LogP contribution in [-0.2, 0) is 0 Å². The molecule has 0 radical (unpaired) electrons. The molecule has 0 amide bonds. The van der Waals surface area contributed by atoms with Gasteiger partial charge in [-0.15, -0.1) is 11.8 Å². The Labute approximate surface area is 92.4 Å². The molecule has 0 atom stereocenters. The molecule has 0 saturated carbocycles. The SMILES string of the molecule is C/C=C(/CC)[N-]c1ccccc1.[Li+]. The summed E-state index contributed by atoms with van der Waals surface area (Å²) in [6.07, 6.45) is 3.04. The molecular weight excluding hydrogens is 153 g/mol. The van der Waals surface area contributed by atoms with Gasteiger partial charge in [-0.3, -0.25) is 0 Å². The van der Waals surface area contributed by atoms with E-state index in [4.69, 9.17) is 0 Å². The van der Waals surface area contributed by atoms with E-state index in [1.165, 1.54) is 0 Å². The van der Waals surface area contributed by atoms with Crippen LogP contribution in [0.2, 0.25) is 0 Å². The van der Waals surface area contributed by atoms with E-state index in [1.807, 2.05) is 43.3 Å². The third-order valence-electron chi connectivity index (χ3n) is 1.72. The molecule has 0 aliphatic carbocycles. The Morgan fingerprint density at radius 2 is 1.92 bits per heavy atom. The van der Waals surface area contributed by atoms with Crippen molar-refractivity contribution < 1.29 is 18.9 Å². The fourth-order valence-corrected chi connectivity index (χ4v) is 1.02. The average Bonchev–Trinajstić information content (AvgIpc) is 2.16. The first-order valence-corrected chi connectivity index (χ1v) is 4.28. The zero-order chi connectivity index (χ0) is 8.81. The Kier molecular flexibility index (Phi) is 6.49. The smallest absolute Gasteiger partial charge is 0.662 e. The molecular formula is C11H14LiN. The molecule has 0 fully saturated rings. The van der Waals surface area contributed by atoms with Crippen molar-refractivity contribution in [3.05, 3.63) is 47.4 Å². The fraction of sp³-hybridized carbons (Fsp3) is 0.273. The quantitative estimate of drug-likeness (QED) is 0.596. The largest absolute Gasteiger partial charge is 1.00 e. The minimum atomic E-state index is 0. The van der Waals surface area contributed by atoms with E-state index in [0.29, 0.717) is 0 Å². The van der Waals surface area contributed by atoms with Crippen LogP contribution in [0.4, 0.5) is 5.69 Å². The molecule has 0 aliphatic heterocycles. The van der Waals surface area contributed by atoms with Gasteiger partial charge in [0.1, 0.15) is 0 Å². The van der Waals surface area contributed by atoms with Crippen LogP contribution in [0.5, 0.6) is 0 Å². The molecule has 0 spiro atoms. The maximum atomic E-state index is 4.46. The topological polar surface area (TPSA) is 14.1 Å². The first-order valence-electron chi connectivity index (χ1n) is 4.28. The summed E-state index contributed by atoms with van der Waals surface area (Å²) in [7, 11) is 0. The molecule has 1 aromatic rings. The van der Waals surface area contributed by atoms with Crippen LogP contribution in [0.25, 0.3) is 5.32 Å². The van der Waals surface area contributed by atoms with Gasteiger partial charge in [-0.25, -0.2) is 0 Å². The van der Waals surface area contributed by atoms with Crippen molar-refractivity contribution in [2.24, 2.45) is 0 Å². The van der Waals surface area contributed by atoms with Crippen molar-refractivity contribution in [1.29, 1.82) is 0 Å². The monoisotopic (exact) mass is 167 g/mol. The van der Waals surface area contributed by atoms with Crippen LogP contribution in [0.1, 0.15) is 20.3 Å². The first kappa shape index (κ1) is 12.4. The van der Waals surface area contributed by atoms with Gasteiger partial charge in [-0.1, -0.05) is 43.7 Å². The molecule has 64 valence electrons. The number of benzene rings is 1. The summed E-state index contributed by atoms with van der Waals surface area (Å²) in [6, 6.07) is 10.0. The van der Waals surface area contributed by atoms with Crippen LogP contribution in [-0.4, -0.2) is 0 Å². The zero-order valence-electron chi connectivity index (χ0n) is 8.62. The Morgan fingerprint density at radius 1 is 1.31 bits per heavy atom. The van der Waals surface area contributed by atoms with Gasteiger partial charge in [-0.05, 0) is 6.92 Å². The Morgan fingerprint density at radius 3 is 2.38 bits per heavy atom. The summed E-state index contributed by atoms with van der Waals surface area (Å²) >= 11 is 0. The van der Waals surface area contributed by atoms with Gasteiger partial charge in [0.2, 0.25) is 0 Å². The van der Waals surface area contributed by atoms with Crippen molar-refractivity contribution in [1.82, 2.24) is 0 Å². The zero-order valence-corrected chi connectivity index (χ0v) is 8.62. The number of para-hydroxylation sites is 1. The van der Waals surface area contributed by atoms with Crippen LogP contribution in [0.3, 0.4) is 0 Å². The molecule has 0 bridgehead atoms. The minimum Gasteiger partial charge on any atom is -0.662 e. The second kappa shape index (κ2) is 6.83. The molecule has 0 aliphatic rings. The average molecular weight is 167 g/mol. The van der Waals surface area contributed by atoms with E-state index in [0.717, 1.165) is 17.8 Å². The van der Waals surface area contributed by atoms with Gasteiger partial charge >= 0.3 is 18.9 Å². The maximum Gasteiger partial charge on any atom is 1.00 e. The van der Waals surface area contributed by atoms with E-state index in [1.54, 1.807) is 0 Å². The summed E-state index contributed by atoms with van der Waals surface area (Å²) in [5, 5.41) is 4.46. The second-order valence-corrected chi connectivity index (χ2v) is 2.58. The summed E-state index contributed by atoms with van der Waals surface area (Å²) in [4.78, 5) is 0. The van der Waals surface area contributed by atoms with Crippen molar-refractivity contribution >= 4 is 5.69 Å². The number of rotatable bonds is 3. The summed E-state index contributed by atoms with van der Waals surface area (Å²) in [6.45, 7) is 4.13. The van der Waals surface area contributed by atoms with Gasteiger partial charge < -0.3 is 5.32 Å². The molecule has 0 aromatic heterocycles. The molecule has 1 rings (SSSR count). The molecule has 2 heteroatoms. The Bertz CT molecular complexity index is 254. The number of hydrogen-bond donors (Lipinski definition) is 0. The number of allylic oxidation sites excluding steroid dienone is 2. The Balaban J connectivity index is 0.00000144. The standard InChI is InChI=1S/C11H14N.Li/c1-3-10(4-2)12-11-8-6-5-7-9-11;/h3,5-9H,4H2,1-2H3;/q-1;+1/b10-3-;. The van der Waals surface area contributed by atoms with Gasteiger partial charge in [0.15, 0.2) is 0 Å². The molecule has 0 heterocycles. The fourth-order valence-electron chi connectivity index (χ4n) is 1.02. The first-order chi connectivity index (χ1) is 5.86. The summed E-state index contributed by atoms with van der Waals surface area (Å²) in [5.41, 5.74) is 2.17. The van der Waals surface area contributed by atoms with Crippen molar-refractivity contribution in [2.75, 3.05) is 0 Å². The predicted molar refractivity (Wildman–Crippen MR) is 53.5 cm³/mol. The minimum absolute atomic E-state index is 0. The van der Waals surface area contributed by atoms with Gasteiger partial charge in [0.25, 0.3) is 0 Å². The van der Waals surface area contributed by atoms with E-state index >= 15 is 0 Å². The molecule has 1 aromatic carbocycles. The van der Waals surface area contributed by atoms with E-state index in [9.17, 15) is 0 Å².